The van der Waals surface area contributed by atoms with Crippen LogP contribution in [-0.2, 0) is 0 Å². The number of nitrogens with one attached hydrogen (secondary N) is 1. The van der Waals surface area contributed by atoms with Crippen molar-refractivity contribution in [3.05, 3.63) is 35.4 Å². The van der Waals surface area contributed by atoms with Gasteiger partial charge < -0.3 is 14.1 Å². The summed E-state index contributed by atoms with van der Waals surface area (Å²) < 4.78 is 10.6. The zero-order chi connectivity index (χ0) is 11.5. The summed E-state index contributed by atoms with van der Waals surface area (Å²) in [6, 6.07) is 7.79. The lowest BCUT2D eigenvalue weighted by atomic mass is 10.2. The van der Waals surface area contributed by atoms with Gasteiger partial charge in [0.1, 0.15) is 12.0 Å². The molecule has 2 rings (SSSR count). The highest BCUT2D eigenvalue weighted by Crippen LogP contribution is 2.21. The SMILES string of the molecule is CC(C)Oc1ccc(-c2coc(=S)[nH]2)cc1. The Morgan fingerprint density at radius 3 is 2.44 bits per heavy atom. The third-order valence-corrected chi connectivity index (χ3v) is 2.26. The summed E-state index contributed by atoms with van der Waals surface area (Å²) in [5, 5.41) is 0. The van der Waals surface area contributed by atoms with Gasteiger partial charge in [0, 0.05) is 5.56 Å². The van der Waals surface area contributed by atoms with Crippen molar-refractivity contribution in [2.24, 2.45) is 0 Å². The fraction of sp³-hybridized carbons (Fsp3) is 0.250. The second-order valence-corrected chi connectivity index (χ2v) is 4.12. The van der Waals surface area contributed by atoms with Crippen LogP contribution in [0, 0.1) is 4.84 Å². The summed E-state index contributed by atoms with van der Waals surface area (Å²) in [6.07, 6.45) is 1.80. The van der Waals surface area contributed by atoms with Crippen molar-refractivity contribution in [3.63, 3.8) is 0 Å². The molecule has 4 heteroatoms. The summed E-state index contributed by atoms with van der Waals surface area (Å²) in [6.45, 7) is 4.00. The highest BCUT2D eigenvalue weighted by Gasteiger charge is 2.02. The van der Waals surface area contributed by atoms with Crippen LogP contribution in [0.1, 0.15) is 13.8 Å². The predicted molar refractivity (Wildman–Crippen MR) is 65.1 cm³/mol. The highest BCUT2D eigenvalue weighted by atomic mass is 32.1. The van der Waals surface area contributed by atoms with Gasteiger partial charge in [-0.3, -0.25) is 0 Å². The van der Waals surface area contributed by atoms with Crippen LogP contribution in [0.25, 0.3) is 11.3 Å². The lowest BCUT2D eigenvalue weighted by Crippen LogP contribution is -2.05. The molecular formula is C12H13NO2S. The van der Waals surface area contributed by atoms with E-state index < -0.39 is 0 Å². The zero-order valence-electron chi connectivity index (χ0n) is 9.19. The molecule has 0 aliphatic heterocycles. The van der Waals surface area contributed by atoms with Crippen molar-refractivity contribution in [3.8, 4) is 17.0 Å². The topological polar surface area (TPSA) is 38.2 Å². The number of hydrogen-bond acceptors (Lipinski definition) is 3. The van der Waals surface area contributed by atoms with Crippen molar-refractivity contribution < 1.29 is 9.15 Å². The van der Waals surface area contributed by atoms with Crippen LogP contribution in [0.4, 0.5) is 0 Å². The van der Waals surface area contributed by atoms with Gasteiger partial charge in [0.05, 0.1) is 11.8 Å². The lowest BCUT2D eigenvalue weighted by molar-refractivity contribution is 0.242. The number of H-pyrrole nitrogens is 1. The number of hydrogen-bond donors (Lipinski definition) is 1. The predicted octanol–water partition coefficient (Wildman–Crippen LogP) is 3.79. The van der Waals surface area contributed by atoms with E-state index in [-0.39, 0.29) is 6.10 Å². The van der Waals surface area contributed by atoms with Crippen molar-refractivity contribution in [1.82, 2.24) is 4.98 Å². The molecule has 0 atom stereocenters. The quantitative estimate of drug-likeness (QED) is 0.822. The van der Waals surface area contributed by atoms with E-state index in [1.54, 1.807) is 6.26 Å². The minimum atomic E-state index is 0.186. The molecular weight excluding hydrogens is 222 g/mol. The van der Waals surface area contributed by atoms with E-state index in [0.717, 1.165) is 17.0 Å². The molecule has 0 spiro atoms. The summed E-state index contributed by atoms with van der Waals surface area (Å²) in [4.78, 5) is 3.35. The number of aromatic amines is 1. The molecule has 0 radical (unpaired) electrons. The molecule has 2 aromatic rings. The van der Waals surface area contributed by atoms with E-state index in [4.69, 9.17) is 21.4 Å². The van der Waals surface area contributed by atoms with Gasteiger partial charge in [0.25, 0.3) is 4.84 Å². The Bertz CT molecular complexity index is 510. The monoisotopic (exact) mass is 235 g/mol. The second-order valence-electron chi connectivity index (χ2n) is 3.75. The van der Waals surface area contributed by atoms with Crippen LogP contribution >= 0.6 is 12.2 Å². The van der Waals surface area contributed by atoms with Gasteiger partial charge in [-0.1, -0.05) is 0 Å². The van der Waals surface area contributed by atoms with Crippen molar-refractivity contribution >= 4 is 12.2 Å². The molecule has 1 N–H and O–H groups in total. The largest absolute Gasteiger partial charge is 0.491 e. The molecule has 0 saturated carbocycles. The highest BCUT2D eigenvalue weighted by molar-refractivity contribution is 7.71. The Labute approximate surface area is 99.1 Å². The van der Waals surface area contributed by atoms with Crippen LogP contribution < -0.4 is 4.74 Å². The first-order valence-electron chi connectivity index (χ1n) is 5.10. The Morgan fingerprint density at radius 1 is 1.25 bits per heavy atom. The van der Waals surface area contributed by atoms with E-state index in [2.05, 4.69) is 4.98 Å². The minimum Gasteiger partial charge on any atom is -0.491 e. The number of oxazole rings is 1. The smallest absolute Gasteiger partial charge is 0.266 e. The lowest BCUT2D eigenvalue weighted by Gasteiger charge is -2.09. The maximum Gasteiger partial charge on any atom is 0.266 e. The minimum absolute atomic E-state index is 0.186. The fourth-order valence-electron chi connectivity index (χ4n) is 1.41. The number of aromatic nitrogens is 1. The average molecular weight is 235 g/mol. The van der Waals surface area contributed by atoms with Crippen molar-refractivity contribution in [1.29, 1.82) is 0 Å². The van der Waals surface area contributed by atoms with Gasteiger partial charge in [-0.2, -0.15) is 0 Å². The Kier molecular flexibility index (Phi) is 3.10. The van der Waals surface area contributed by atoms with Gasteiger partial charge in [-0.05, 0) is 50.3 Å². The van der Waals surface area contributed by atoms with E-state index in [1.165, 1.54) is 0 Å². The van der Waals surface area contributed by atoms with Crippen LogP contribution in [0.15, 0.2) is 34.9 Å². The van der Waals surface area contributed by atoms with Crippen LogP contribution in [0.5, 0.6) is 5.75 Å². The summed E-state index contributed by atoms with van der Waals surface area (Å²) >= 11 is 4.87. The molecule has 0 bridgehead atoms. The fourth-order valence-corrected chi connectivity index (χ4v) is 1.56. The summed E-state index contributed by atoms with van der Waals surface area (Å²) in [7, 11) is 0. The molecule has 16 heavy (non-hydrogen) atoms. The normalized spacial score (nSPS) is 10.7. The standard InChI is InChI=1S/C12H13NO2S/c1-8(2)15-10-5-3-9(4-6-10)11-7-14-12(16)13-11/h3-8H,1-2H3,(H,13,16). The van der Waals surface area contributed by atoms with Crippen LogP contribution in [-0.4, -0.2) is 11.1 Å². The van der Waals surface area contributed by atoms with E-state index in [0.29, 0.717) is 4.84 Å². The molecule has 0 fully saturated rings. The van der Waals surface area contributed by atoms with E-state index in [9.17, 15) is 0 Å². The van der Waals surface area contributed by atoms with Crippen LogP contribution in [0.2, 0.25) is 0 Å². The summed E-state index contributed by atoms with van der Waals surface area (Å²) in [5.74, 6) is 0.862. The first-order chi connectivity index (χ1) is 7.65. The molecule has 1 aromatic carbocycles. The number of rotatable bonds is 3. The first-order valence-corrected chi connectivity index (χ1v) is 5.51. The van der Waals surface area contributed by atoms with Gasteiger partial charge in [-0.15, -0.1) is 0 Å². The second kappa shape index (κ2) is 4.53. The molecule has 1 heterocycles. The zero-order valence-corrected chi connectivity index (χ0v) is 10.0. The molecule has 84 valence electrons. The van der Waals surface area contributed by atoms with Gasteiger partial charge in [0.2, 0.25) is 0 Å². The maximum absolute atomic E-state index is 5.56. The van der Waals surface area contributed by atoms with Crippen molar-refractivity contribution in [2.45, 2.75) is 20.0 Å². The first kappa shape index (κ1) is 11.0. The average Bonchev–Trinajstić information content (AvgIpc) is 2.65. The van der Waals surface area contributed by atoms with Gasteiger partial charge >= 0.3 is 0 Å². The van der Waals surface area contributed by atoms with E-state index in [1.807, 2.05) is 38.1 Å². The van der Waals surface area contributed by atoms with E-state index >= 15 is 0 Å². The molecule has 0 aliphatic carbocycles. The molecule has 0 aliphatic rings. The van der Waals surface area contributed by atoms with Crippen molar-refractivity contribution in [2.75, 3.05) is 0 Å². The Morgan fingerprint density at radius 2 is 1.94 bits per heavy atom. The third kappa shape index (κ3) is 2.52. The molecule has 0 unspecified atom stereocenters. The molecule has 0 saturated heterocycles. The third-order valence-electron chi connectivity index (χ3n) is 2.06. The number of benzene rings is 1. The molecule has 1 aromatic heterocycles. The number of ether oxygens (including phenoxy) is 1. The molecule has 0 amide bonds. The Hall–Kier alpha value is -1.55. The molecule has 3 nitrogen and oxygen atoms in total. The summed E-state index contributed by atoms with van der Waals surface area (Å²) in [5.41, 5.74) is 1.90. The maximum atomic E-state index is 5.56. The van der Waals surface area contributed by atoms with Crippen LogP contribution in [0.3, 0.4) is 0 Å². The van der Waals surface area contributed by atoms with Gasteiger partial charge in [0.15, 0.2) is 0 Å². The Balaban J connectivity index is 2.22. The van der Waals surface area contributed by atoms with Gasteiger partial charge in [-0.25, -0.2) is 0 Å².